The molecule has 0 aromatic carbocycles. The number of halogens is 1. The summed E-state index contributed by atoms with van der Waals surface area (Å²) in [5.74, 6) is -4.11. The van der Waals surface area contributed by atoms with Crippen molar-refractivity contribution >= 4 is 17.7 Å². The number of carbonyl (C=O) groups is 3. The fourth-order valence-corrected chi connectivity index (χ4v) is 1.94. The van der Waals surface area contributed by atoms with E-state index in [1.165, 1.54) is 0 Å². The van der Waals surface area contributed by atoms with Crippen molar-refractivity contribution in [1.82, 2.24) is 0 Å². The molecule has 2 unspecified atom stereocenters. The first kappa shape index (κ1) is 17.1. The Morgan fingerprint density at radius 3 is 2.52 bits per heavy atom. The number of aliphatic hydroxyl groups excluding tert-OH is 3. The summed E-state index contributed by atoms with van der Waals surface area (Å²) in [5.41, 5.74) is -0.00967. The second-order valence-electron chi connectivity index (χ2n) is 4.47. The SMILES string of the molecule is O=C(CCC(=O)OCC(O)C1CC(=O)C(O)=C1CO)OF. The third kappa shape index (κ3) is 4.50. The Balaban J connectivity index is 2.44. The molecule has 0 saturated carbocycles. The van der Waals surface area contributed by atoms with Crippen molar-refractivity contribution in [1.29, 1.82) is 0 Å². The topological polar surface area (TPSA) is 130 Å². The predicted octanol–water partition coefficient (Wildman–Crippen LogP) is -0.508. The molecule has 0 spiro atoms. The van der Waals surface area contributed by atoms with Crippen molar-refractivity contribution in [2.45, 2.75) is 25.4 Å². The zero-order chi connectivity index (χ0) is 16.0. The Labute approximate surface area is 118 Å². The van der Waals surface area contributed by atoms with Gasteiger partial charge in [-0.25, -0.2) is 4.79 Å². The van der Waals surface area contributed by atoms with E-state index in [9.17, 15) is 29.1 Å². The van der Waals surface area contributed by atoms with Gasteiger partial charge in [0.25, 0.3) is 0 Å². The highest BCUT2D eigenvalue weighted by molar-refractivity contribution is 5.97. The van der Waals surface area contributed by atoms with E-state index in [4.69, 9.17) is 5.11 Å². The number of aliphatic hydroxyl groups is 3. The van der Waals surface area contributed by atoms with E-state index in [0.29, 0.717) is 0 Å². The second kappa shape index (κ2) is 7.70. The minimum absolute atomic E-state index is 0.00967. The summed E-state index contributed by atoms with van der Waals surface area (Å²) >= 11 is 0. The molecule has 1 aliphatic carbocycles. The first-order valence-electron chi connectivity index (χ1n) is 6.11. The van der Waals surface area contributed by atoms with Gasteiger partial charge >= 0.3 is 11.9 Å². The minimum atomic E-state index is -1.29. The summed E-state index contributed by atoms with van der Waals surface area (Å²) in [7, 11) is 0. The lowest BCUT2D eigenvalue weighted by atomic mass is 9.95. The summed E-state index contributed by atoms with van der Waals surface area (Å²) in [6.07, 6.45) is -2.42. The van der Waals surface area contributed by atoms with Crippen molar-refractivity contribution in [3.63, 3.8) is 0 Å². The van der Waals surface area contributed by atoms with Crippen molar-refractivity contribution in [2.24, 2.45) is 5.92 Å². The monoisotopic (exact) mass is 306 g/mol. The van der Waals surface area contributed by atoms with Crippen molar-refractivity contribution in [2.75, 3.05) is 13.2 Å². The zero-order valence-corrected chi connectivity index (χ0v) is 11.0. The predicted molar refractivity (Wildman–Crippen MR) is 63.3 cm³/mol. The first-order valence-corrected chi connectivity index (χ1v) is 6.11. The molecule has 1 rings (SSSR count). The number of carbonyl (C=O) groups excluding carboxylic acids is 3. The molecule has 9 heteroatoms. The van der Waals surface area contributed by atoms with Crippen LogP contribution in [0.2, 0.25) is 0 Å². The molecule has 0 heterocycles. The molecule has 118 valence electrons. The smallest absolute Gasteiger partial charge is 0.349 e. The van der Waals surface area contributed by atoms with Gasteiger partial charge < -0.3 is 20.1 Å². The summed E-state index contributed by atoms with van der Waals surface area (Å²) < 4.78 is 16.0. The quantitative estimate of drug-likeness (QED) is 0.536. The number of hydrogen-bond donors (Lipinski definition) is 3. The number of esters is 1. The normalized spacial score (nSPS) is 19.6. The van der Waals surface area contributed by atoms with E-state index in [2.05, 4.69) is 9.68 Å². The third-order valence-corrected chi connectivity index (χ3v) is 3.09. The highest BCUT2D eigenvalue weighted by Gasteiger charge is 2.36. The second-order valence-corrected chi connectivity index (χ2v) is 4.47. The molecule has 8 nitrogen and oxygen atoms in total. The molecule has 1 aliphatic rings. The van der Waals surface area contributed by atoms with Gasteiger partial charge in [0, 0.05) is 22.4 Å². The molecule has 0 saturated heterocycles. The molecule has 0 bridgehead atoms. The van der Waals surface area contributed by atoms with E-state index in [0.717, 1.165) is 0 Å². The largest absolute Gasteiger partial charge is 0.504 e. The number of ketones is 1. The number of allylic oxidation sites excluding steroid dienone is 1. The average Bonchev–Trinajstić information content (AvgIpc) is 2.77. The lowest BCUT2D eigenvalue weighted by Crippen LogP contribution is -2.28. The van der Waals surface area contributed by atoms with Gasteiger partial charge in [0.15, 0.2) is 11.5 Å². The van der Waals surface area contributed by atoms with E-state index in [1.54, 1.807) is 0 Å². The lowest BCUT2D eigenvalue weighted by Gasteiger charge is -2.19. The molecule has 0 aromatic rings. The Morgan fingerprint density at radius 1 is 1.33 bits per heavy atom. The van der Waals surface area contributed by atoms with Crippen LogP contribution in [-0.4, -0.2) is 52.4 Å². The number of ether oxygens (including phenoxy) is 1. The molecule has 3 N–H and O–H groups in total. The zero-order valence-electron chi connectivity index (χ0n) is 11.0. The maximum Gasteiger partial charge on any atom is 0.349 e. The van der Waals surface area contributed by atoms with Crippen LogP contribution in [0.3, 0.4) is 0 Å². The number of hydrogen-bond acceptors (Lipinski definition) is 8. The summed E-state index contributed by atoms with van der Waals surface area (Å²) in [5, 5.41) is 28.3. The molecule has 0 aliphatic heterocycles. The molecule has 0 amide bonds. The van der Waals surface area contributed by atoms with E-state index < -0.39 is 61.6 Å². The fourth-order valence-electron chi connectivity index (χ4n) is 1.94. The third-order valence-electron chi connectivity index (χ3n) is 3.09. The molecule has 0 fully saturated rings. The Hall–Kier alpha value is -2.00. The van der Waals surface area contributed by atoms with Crippen molar-refractivity contribution < 1.29 is 43.9 Å². The summed E-state index contributed by atoms with van der Waals surface area (Å²) in [6.45, 7) is -1.09. The average molecular weight is 306 g/mol. The Kier molecular flexibility index (Phi) is 6.25. The van der Waals surface area contributed by atoms with Gasteiger partial charge in [-0.1, -0.05) is 0 Å². The number of rotatable bonds is 7. The van der Waals surface area contributed by atoms with Crippen LogP contribution in [-0.2, 0) is 24.1 Å². The Morgan fingerprint density at radius 2 is 1.95 bits per heavy atom. The van der Waals surface area contributed by atoms with Gasteiger partial charge in [-0.15, -0.1) is 0 Å². The van der Waals surface area contributed by atoms with Gasteiger partial charge in [-0.2, -0.15) is 0 Å². The Bertz CT molecular complexity index is 458. The van der Waals surface area contributed by atoms with Gasteiger partial charge in [-0.3, -0.25) is 14.5 Å². The summed E-state index contributed by atoms with van der Waals surface area (Å²) in [6, 6.07) is 0. The van der Waals surface area contributed by atoms with Crippen LogP contribution in [0.4, 0.5) is 4.53 Å². The van der Waals surface area contributed by atoms with Crippen LogP contribution in [0.5, 0.6) is 0 Å². The van der Waals surface area contributed by atoms with Crippen molar-refractivity contribution in [3.8, 4) is 0 Å². The van der Waals surface area contributed by atoms with Gasteiger partial charge in [0.05, 0.1) is 25.6 Å². The number of Topliss-reactive ketones (excluding diaryl/α,β-unsaturated/α-hetero) is 1. The van der Waals surface area contributed by atoms with Crippen LogP contribution in [0.1, 0.15) is 19.3 Å². The highest BCUT2D eigenvalue weighted by atomic mass is 19.3. The minimum Gasteiger partial charge on any atom is -0.504 e. The van der Waals surface area contributed by atoms with Crippen LogP contribution >= 0.6 is 0 Å². The maximum atomic E-state index is 11.4. The van der Waals surface area contributed by atoms with Crippen LogP contribution in [0.25, 0.3) is 0 Å². The molecular formula is C12H15FO8. The van der Waals surface area contributed by atoms with E-state index in [-0.39, 0.29) is 12.0 Å². The van der Waals surface area contributed by atoms with Crippen LogP contribution in [0, 0.1) is 5.92 Å². The molecular weight excluding hydrogens is 291 g/mol. The van der Waals surface area contributed by atoms with Crippen LogP contribution < -0.4 is 0 Å². The molecule has 0 radical (unpaired) electrons. The van der Waals surface area contributed by atoms with Gasteiger partial charge in [0.1, 0.15) is 6.61 Å². The lowest BCUT2D eigenvalue weighted by molar-refractivity contribution is -0.184. The highest BCUT2D eigenvalue weighted by Crippen LogP contribution is 2.30. The van der Waals surface area contributed by atoms with E-state index in [1.807, 2.05) is 0 Å². The first-order chi connectivity index (χ1) is 9.90. The molecule has 0 aromatic heterocycles. The van der Waals surface area contributed by atoms with E-state index >= 15 is 0 Å². The summed E-state index contributed by atoms with van der Waals surface area (Å²) in [4.78, 5) is 35.8. The standard InChI is InChI=1S/C12H15FO8/c13-21-11(18)2-1-10(17)20-5-9(16)6-3-8(15)12(19)7(6)4-14/h6,9,14,16,19H,1-5H2. The van der Waals surface area contributed by atoms with Crippen molar-refractivity contribution in [3.05, 3.63) is 11.3 Å². The molecule has 21 heavy (non-hydrogen) atoms. The van der Waals surface area contributed by atoms with Crippen LogP contribution in [0.15, 0.2) is 11.3 Å². The van der Waals surface area contributed by atoms with Gasteiger partial charge in [-0.05, 0) is 0 Å². The fraction of sp³-hybridized carbons (Fsp3) is 0.583. The maximum absolute atomic E-state index is 11.4. The molecule has 2 atom stereocenters. The van der Waals surface area contributed by atoms with Gasteiger partial charge in [0.2, 0.25) is 0 Å².